The summed E-state index contributed by atoms with van der Waals surface area (Å²) in [5, 5.41) is 12.6. The zero-order chi connectivity index (χ0) is 17.5. The summed E-state index contributed by atoms with van der Waals surface area (Å²) in [6.07, 6.45) is 4.81. The molecule has 0 spiro atoms. The zero-order valence-corrected chi connectivity index (χ0v) is 14.0. The minimum atomic E-state index is -0.298. The Morgan fingerprint density at radius 1 is 1.00 bits per heavy atom. The Bertz CT molecular complexity index is 1060. The number of rotatable bonds is 3. The van der Waals surface area contributed by atoms with E-state index in [1.54, 1.807) is 12.1 Å². The van der Waals surface area contributed by atoms with E-state index >= 15 is 0 Å². The van der Waals surface area contributed by atoms with Gasteiger partial charge in [-0.1, -0.05) is 23.2 Å². The highest BCUT2D eigenvalue weighted by Gasteiger charge is 2.20. The van der Waals surface area contributed by atoms with Gasteiger partial charge in [-0.2, -0.15) is 4.98 Å². The van der Waals surface area contributed by atoms with E-state index in [1.165, 1.54) is 25.0 Å². The van der Waals surface area contributed by atoms with Crippen molar-refractivity contribution in [3.8, 4) is 22.8 Å². The van der Waals surface area contributed by atoms with E-state index in [0.717, 1.165) is 29.4 Å². The predicted molar refractivity (Wildman–Crippen MR) is 93.7 cm³/mol. The van der Waals surface area contributed by atoms with Gasteiger partial charge >= 0.3 is 0 Å². The SMILES string of the molecule is Fc1ccc(-c2noc(-c3ccc4c(c3)nnn4C3CCCC3)n2)cc1. The van der Waals surface area contributed by atoms with E-state index in [-0.39, 0.29) is 5.82 Å². The third-order valence-corrected chi connectivity index (χ3v) is 4.92. The van der Waals surface area contributed by atoms with Crippen molar-refractivity contribution in [2.24, 2.45) is 0 Å². The molecule has 0 bridgehead atoms. The Morgan fingerprint density at radius 2 is 1.77 bits per heavy atom. The van der Waals surface area contributed by atoms with Gasteiger partial charge in [0.15, 0.2) is 0 Å². The molecular formula is C19H16FN5O. The van der Waals surface area contributed by atoms with Crippen LogP contribution in [-0.4, -0.2) is 25.1 Å². The van der Waals surface area contributed by atoms with Gasteiger partial charge in [-0.15, -0.1) is 5.10 Å². The van der Waals surface area contributed by atoms with Crippen LogP contribution in [0.2, 0.25) is 0 Å². The second kappa shape index (κ2) is 6.01. The van der Waals surface area contributed by atoms with Gasteiger partial charge in [0, 0.05) is 11.1 Å². The number of aromatic nitrogens is 5. The van der Waals surface area contributed by atoms with Gasteiger partial charge in [0.25, 0.3) is 5.89 Å². The predicted octanol–water partition coefficient (Wildman–Crippen LogP) is 4.40. The van der Waals surface area contributed by atoms with Crippen molar-refractivity contribution in [1.82, 2.24) is 25.1 Å². The fourth-order valence-electron chi connectivity index (χ4n) is 3.55. The first-order chi connectivity index (χ1) is 12.8. The fourth-order valence-corrected chi connectivity index (χ4v) is 3.55. The molecule has 0 aliphatic heterocycles. The van der Waals surface area contributed by atoms with Crippen LogP contribution in [0, 0.1) is 5.82 Å². The largest absolute Gasteiger partial charge is 0.334 e. The highest BCUT2D eigenvalue weighted by atomic mass is 19.1. The average molecular weight is 349 g/mol. The molecule has 0 radical (unpaired) electrons. The van der Waals surface area contributed by atoms with Gasteiger partial charge in [0.2, 0.25) is 5.82 Å². The number of nitrogens with zero attached hydrogens (tertiary/aromatic N) is 5. The molecular weight excluding hydrogens is 333 g/mol. The highest BCUT2D eigenvalue weighted by molar-refractivity contribution is 5.80. The van der Waals surface area contributed by atoms with Crippen LogP contribution in [0.25, 0.3) is 33.9 Å². The van der Waals surface area contributed by atoms with Gasteiger partial charge in [-0.25, -0.2) is 9.07 Å². The fraction of sp³-hybridized carbons (Fsp3) is 0.263. The summed E-state index contributed by atoms with van der Waals surface area (Å²) in [5.41, 5.74) is 3.33. The average Bonchev–Trinajstić information content (AvgIpc) is 3.41. The zero-order valence-electron chi connectivity index (χ0n) is 14.0. The van der Waals surface area contributed by atoms with Gasteiger partial charge in [0.05, 0.1) is 11.6 Å². The lowest BCUT2D eigenvalue weighted by Crippen LogP contribution is -2.06. The van der Waals surface area contributed by atoms with Crippen LogP contribution in [0.1, 0.15) is 31.7 Å². The van der Waals surface area contributed by atoms with Crippen LogP contribution in [-0.2, 0) is 0 Å². The van der Waals surface area contributed by atoms with Crippen molar-refractivity contribution in [2.75, 3.05) is 0 Å². The third kappa shape index (κ3) is 2.56. The molecule has 0 unspecified atom stereocenters. The first kappa shape index (κ1) is 15.2. The minimum Gasteiger partial charge on any atom is -0.334 e. The maximum Gasteiger partial charge on any atom is 0.258 e. The Labute approximate surface area is 148 Å². The number of hydrogen-bond acceptors (Lipinski definition) is 5. The maximum absolute atomic E-state index is 13.1. The Balaban J connectivity index is 1.48. The van der Waals surface area contributed by atoms with Gasteiger partial charge in [-0.05, 0) is 55.3 Å². The summed E-state index contributed by atoms with van der Waals surface area (Å²) in [6.45, 7) is 0. The lowest BCUT2D eigenvalue weighted by Gasteiger charge is -2.09. The molecule has 2 aromatic carbocycles. The molecule has 7 heteroatoms. The summed E-state index contributed by atoms with van der Waals surface area (Å²) in [5.74, 6) is 0.532. The van der Waals surface area contributed by atoms with E-state index in [9.17, 15) is 4.39 Å². The molecule has 6 nitrogen and oxygen atoms in total. The molecule has 2 aromatic heterocycles. The van der Waals surface area contributed by atoms with E-state index in [0.29, 0.717) is 23.3 Å². The second-order valence-corrected chi connectivity index (χ2v) is 6.61. The van der Waals surface area contributed by atoms with Crippen molar-refractivity contribution in [3.05, 3.63) is 48.3 Å². The monoisotopic (exact) mass is 349 g/mol. The first-order valence-electron chi connectivity index (χ1n) is 8.73. The van der Waals surface area contributed by atoms with Crippen molar-refractivity contribution >= 4 is 11.0 Å². The number of hydrogen-bond donors (Lipinski definition) is 0. The number of benzene rings is 2. The van der Waals surface area contributed by atoms with E-state index in [4.69, 9.17) is 4.52 Å². The molecule has 130 valence electrons. The lowest BCUT2D eigenvalue weighted by atomic mass is 10.1. The van der Waals surface area contributed by atoms with Crippen molar-refractivity contribution in [1.29, 1.82) is 0 Å². The third-order valence-electron chi connectivity index (χ3n) is 4.92. The molecule has 1 fully saturated rings. The van der Waals surface area contributed by atoms with Crippen LogP contribution in [0.5, 0.6) is 0 Å². The maximum atomic E-state index is 13.1. The van der Waals surface area contributed by atoms with Crippen LogP contribution in [0.3, 0.4) is 0 Å². The van der Waals surface area contributed by atoms with Gasteiger partial charge < -0.3 is 4.52 Å². The molecule has 4 aromatic rings. The molecule has 0 N–H and O–H groups in total. The van der Waals surface area contributed by atoms with Crippen LogP contribution in [0.4, 0.5) is 4.39 Å². The lowest BCUT2D eigenvalue weighted by molar-refractivity contribution is 0.432. The molecule has 26 heavy (non-hydrogen) atoms. The Kier molecular flexibility index (Phi) is 3.51. The molecule has 1 aliphatic rings. The molecule has 1 aliphatic carbocycles. The topological polar surface area (TPSA) is 69.6 Å². The Hall–Kier alpha value is -3.09. The van der Waals surface area contributed by atoms with Crippen LogP contribution < -0.4 is 0 Å². The standard InChI is InChI=1S/C19H16FN5O/c20-14-8-5-12(6-9-14)18-21-19(26-23-18)13-7-10-17-16(11-13)22-24-25(17)15-3-1-2-4-15/h5-11,15H,1-4H2. The molecule has 0 amide bonds. The van der Waals surface area contributed by atoms with Crippen molar-refractivity contribution in [2.45, 2.75) is 31.7 Å². The van der Waals surface area contributed by atoms with E-state index in [1.807, 2.05) is 22.9 Å². The quantitative estimate of drug-likeness (QED) is 0.548. The van der Waals surface area contributed by atoms with E-state index < -0.39 is 0 Å². The smallest absolute Gasteiger partial charge is 0.258 e. The van der Waals surface area contributed by atoms with Gasteiger partial charge in [0.1, 0.15) is 11.3 Å². The molecule has 1 saturated carbocycles. The Morgan fingerprint density at radius 3 is 2.58 bits per heavy atom. The summed E-state index contributed by atoms with van der Waals surface area (Å²) in [4.78, 5) is 4.42. The van der Waals surface area contributed by atoms with Crippen molar-refractivity contribution in [3.63, 3.8) is 0 Å². The van der Waals surface area contributed by atoms with Crippen LogP contribution >= 0.6 is 0 Å². The summed E-state index contributed by atoms with van der Waals surface area (Å²) >= 11 is 0. The minimum absolute atomic E-state index is 0.298. The summed E-state index contributed by atoms with van der Waals surface area (Å²) in [6, 6.07) is 12.3. The first-order valence-corrected chi connectivity index (χ1v) is 8.73. The molecule has 0 atom stereocenters. The van der Waals surface area contributed by atoms with Gasteiger partial charge in [-0.3, -0.25) is 0 Å². The molecule has 5 rings (SSSR count). The summed E-state index contributed by atoms with van der Waals surface area (Å²) in [7, 11) is 0. The van der Waals surface area contributed by atoms with E-state index in [2.05, 4.69) is 20.5 Å². The van der Waals surface area contributed by atoms with Crippen LogP contribution in [0.15, 0.2) is 47.0 Å². The number of halogens is 1. The summed E-state index contributed by atoms with van der Waals surface area (Å²) < 4.78 is 20.5. The molecule has 0 saturated heterocycles. The normalized spacial score (nSPS) is 15.1. The molecule has 2 heterocycles. The second-order valence-electron chi connectivity index (χ2n) is 6.61. The number of fused-ring (bicyclic) bond motifs is 1. The van der Waals surface area contributed by atoms with Crippen molar-refractivity contribution < 1.29 is 8.91 Å². The highest BCUT2D eigenvalue weighted by Crippen LogP contribution is 2.32.